The lowest BCUT2D eigenvalue weighted by Crippen LogP contribution is -2.44. The van der Waals surface area contributed by atoms with Crippen LogP contribution in [-0.2, 0) is 9.53 Å². The Hall–Kier alpha value is -0.650. The smallest absolute Gasteiger partial charge is 0.222 e. The molecule has 0 aliphatic carbocycles. The summed E-state index contributed by atoms with van der Waals surface area (Å²) < 4.78 is 5.80. The van der Waals surface area contributed by atoms with Crippen LogP contribution in [0.4, 0.5) is 0 Å². The number of aliphatic hydroxyl groups excluding tert-OH is 1. The maximum atomic E-state index is 11.6. The van der Waals surface area contributed by atoms with Gasteiger partial charge in [-0.2, -0.15) is 0 Å². The number of rotatable bonds is 8. The Labute approximate surface area is 128 Å². The van der Waals surface area contributed by atoms with Crippen molar-refractivity contribution in [1.29, 1.82) is 0 Å². The molecule has 2 unspecified atom stereocenters. The van der Waals surface area contributed by atoms with Gasteiger partial charge in [0.2, 0.25) is 5.91 Å². The second-order valence-corrected chi connectivity index (χ2v) is 6.35. The Balaban J connectivity index is 1.75. The highest BCUT2D eigenvalue weighted by molar-refractivity contribution is 5.78. The van der Waals surface area contributed by atoms with Crippen molar-refractivity contribution in [2.75, 3.05) is 39.3 Å². The molecule has 5 heteroatoms. The minimum Gasteiger partial charge on any atom is -0.390 e. The molecule has 5 nitrogen and oxygen atoms in total. The molecule has 122 valence electrons. The van der Waals surface area contributed by atoms with Gasteiger partial charge in [-0.1, -0.05) is 6.92 Å². The zero-order valence-corrected chi connectivity index (χ0v) is 13.3. The molecule has 0 bridgehead atoms. The van der Waals surface area contributed by atoms with Crippen molar-refractivity contribution >= 4 is 5.91 Å². The lowest BCUT2D eigenvalue weighted by molar-refractivity contribution is -0.129. The van der Waals surface area contributed by atoms with Gasteiger partial charge < -0.3 is 14.7 Å². The summed E-state index contributed by atoms with van der Waals surface area (Å²) in [5.74, 6) is 0.187. The van der Waals surface area contributed by atoms with Crippen LogP contribution in [-0.4, -0.2) is 72.4 Å². The summed E-state index contributed by atoms with van der Waals surface area (Å²) in [6.45, 7) is 6.82. The highest BCUT2D eigenvalue weighted by Gasteiger charge is 2.24. The quantitative estimate of drug-likeness (QED) is 0.733. The molecule has 21 heavy (non-hydrogen) atoms. The number of nitrogens with zero attached hydrogens (tertiary/aromatic N) is 2. The fourth-order valence-corrected chi connectivity index (χ4v) is 3.32. The molecular formula is C16H30N2O3. The number of aliphatic hydroxyl groups is 1. The van der Waals surface area contributed by atoms with Gasteiger partial charge in [0.05, 0.1) is 12.2 Å². The summed E-state index contributed by atoms with van der Waals surface area (Å²) in [7, 11) is 0. The Morgan fingerprint density at radius 2 is 2.29 bits per heavy atom. The lowest BCUT2D eigenvalue weighted by atomic mass is 10.1. The van der Waals surface area contributed by atoms with Crippen molar-refractivity contribution < 1.29 is 14.6 Å². The first-order valence-electron chi connectivity index (χ1n) is 8.49. The van der Waals surface area contributed by atoms with E-state index in [1.165, 1.54) is 12.8 Å². The molecular weight excluding hydrogens is 268 g/mol. The number of likely N-dealkylation sites (tertiary alicyclic amines) is 1. The minimum atomic E-state index is -0.456. The molecule has 0 saturated carbocycles. The van der Waals surface area contributed by atoms with Crippen LogP contribution in [0.15, 0.2) is 0 Å². The van der Waals surface area contributed by atoms with Crippen LogP contribution in [0.5, 0.6) is 0 Å². The summed E-state index contributed by atoms with van der Waals surface area (Å²) >= 11 is 0. The van der Waals surface area contributed by atoms with E-state index < -0.39 is 6.10 Å². The topological polar surface area (TPSA) is 53.0 Å². The monoisotopic (exact) mass is 298 g/mol. The molecule has 2 fully saturated rings. The molecule has 0 aromatic heterocycles. The molecule has 2 heterocycles. The van der Waals surface area contributed by atoms with Gasteiger partial charge in [0.15, 0.2) is 0 Å². The van der Waals surface area contributed by atoms with Crippen molar-refractivity contribution in [3.63, 3.8) is 0 Å². The molecule has 2 aliphatic rings. The zero-order chi connectivity index (χ0) is 15.1. The highest BCUT2D eigenvalue weighted by Crippen LogP contribution is 2.15. The van der Waals surface area contributed by atoms with Crippen molar-refractivity contribution in [3.05, 3.63) is 0 Å². The van der Waals surface area contributed by atoms with Crippen molar-refractivity contribution in [2.45, 2.75) is 57.7 Å². The van der Waals surface area contributed by atoms with E-state index in [0.717, 1.165) is 45.5 Å². The first-order valence-corrected chi connectivity index (χ1v) is 8.49. The van der Waals surface area contributed by atoms with Crippen LogP contribution in [0.2, 0.25) is 0 Å². The third kappa shape index (κ3) is 5.57. The number of carbonyl (C=O) groups is 1. The molecule has 2 aliphatic heterocycles. The number of hydrogen-bond acceptors (Lipinski definition) is 4. The SMILES string of the molecule is CCCN(CC(O)CN1CCCC1=O)CC1CCCCO1. The molecule has 2 saturated heterocycles. The maximum Gasteiger partial charge on any atom is 0.222 e. The van der Waals surface area contributed by atoms with Crippen molar-refractivity contribution in [3.8, 4) is 0 Å². The van der Waals surface area contributed by atoms with Crippen LogP contribution in [0.3, 0.4) is 0 Å². The number of β-amino-alcohol motifs (C(OH)–C–C–N with tert-alkyl or cyclic N) is 1. The van der Waals surface area contributed by atoms with Crippen LogP contribution >= 0.6 is 0 Å². The van der Waals surface area contributed by atoms with Crippen LogP contribution in [0, 0.1) is 0 Å². The van der Waals surface area contributed by atoms with E-state index in [0.29, 0.717) is 25.6 Å². The summed E-state index contributed by atoms with van der Waals surface area (Å²) in [5.41, 5.74) is 0. The predicted octanol–water partition coefficient (Wildman–Crippen LogP) is 1.25. The van der Waals surface area contributed by atoms with Crippen LogP contribution in [0.1, 0.15) is 45.4 Å². The van der Waals surface area contributed by atoms with Crippen molar-refractivity contribution in [2.24, 2.45) is 0 Å². The Bertz CT molecular complexity index is 319. The van der Waals surface area contributed by atoms with Crippen LogP contribution in [0.25, 0.3) is 0 Å². The summed E-state index contributed by atoms with van der Waals surface area (Å²) in [6.07, 6.45) is 6.04. The van der Waals surface area contributed by atoms with E-state index in [4.69, 9.17) is 4.74 Å². The van der Waals surface area contributed by atoms with E-state index in [2.05, 4.69) is 11.8 Å². The number of hydrogen-bond donors (Lipinski definition) is 1. The Kier molecular flexibility index (Phi) is 6.93. The summed E-state index contributed by atoms with van der Waals surface area (Å²) in [6, 6.07) is 0. The van der Waals surface area contributed by atoms with Gasteiger partial charge >= 0.3 is 0 Å². The largest absolute Gasteiger partial charge is 0.390 e. The van der Waals surface area contributed by atoms with Crippen LogP contribution < -0.4 is 0 Å². The number of ether oxygens (including phenoxy) is 1. The summed E-state index contributed by atoms with van der Waals surface area (Å²) in [4.78, 5) is 15.7. The Morgan fingerprint density at radius 3 is 2.90 bits per heavy atom. The zero-order valence-electron chi connectivity index (χ0n) is 13.3. The van der Waals surface area contributed by atoms with Gasteiger partial charge in [-0.05, 0) is 38.6 Å². The van der Waals surface area contributed by atoms with E-state index in [-0.39, 0.29) is 5.91 Å². The number of carbonyl (C=O) groups excluding carboxylic acids is 1. The van der Waals surface area contributed by atoms with Gasteiger partial charge in [0.1, 0.15) is 0 Å². The minimum absolute atomic E-state index is 0.187. The molecule has 1 amide bonds. The van der Waals surface area contributed by atoms with Gasteiger partial charge in [0, 0.05) is 39.2 Å². The fraction of sp³-hybridized carbons (Fsp3) is 0.938. The number of amides is 1. The van der Waals surface area contributed by atoms with Crippen molar-refractivity contribution in [1.82, 2.24) is 9.80 Å². The molecule has 0 aromatic rings. The Morgan fingerprint density at radius 1 is 1.43 bits per heavy atom. The first kappa shape index (κ1) is 16.7. The van der Waals surface area contributed by atoms with Gasteiger partial charge in [0.25, 0.3) is 0 Å². The lowest BCUT2D eigenvalue weighted by Gasteiger charge is -2.31. The third-order valence-corrected chi connectivity index (χ3v) is 4.35. The third-order valence-electron chi connectivity index (χ3n) is 4.35. The highest BCUT2D eigenvalue weighted by atomic mass is 16.5. The van der Waals surface area contributed by atoms with Gasteiger partial charge in [-0.3, -0.25) is 9.69 Å². The first-order chi connectivity index (χ1) is 10.2. The molecule has 0 aromatic carbocycles. The molecule has 2 rings (SSSR count). The average molecular weight is 298 g/mol. The second kappa shape index (κ2) is 8.71. The summed E-state index contributed by atoms with van der Waals surface area (Å²) in [5, 5.41) is 10.3. The molecule has 0 radical (unpaired) electrons. The second-order valence-electron chi connectivity index (χ2n) is 6.35. The average Bonchev–Trinajstić information content (AvgIpc) is 2.85. The fourth-order valence-electron chi connectivity index (χ4n) is 3.32. The normalized spacial score (nSPS) is 24.8. The van der Waals surface area contributed by atoms with Gasteiger partial charge in [-0.25, -0.2) is 0 Å². The van der Waals surface area contributed by atoms with E-state index in [1.54, 1.807) is 4.90 Å². The van der Waals surface area contributed by atoms with E-state index in [9.17, 15) is 9.90 Å². The van der Waals surface area contributed by atoms with E-state index in [1.807, 2.05) is 0 Å². The molecule has 2 atom stereocenters. The van der Waals surface area contributed by atoms with E-state index >= 15 is 0 Å². The van der Waals surface area contributed by atoms with Gasteiger partial charge in [-0.15, -0.1) is 0 Å². The standard InChI is InChI=1S/C16H30N2O3/c1-2-8-17(13-15-6-3-4-10-21-15)11-14(19)12-18-9-5-7-16(18)20/h14-15,19H,2-13H2,1H3. The predicted molar refractivity (Wildman–Crippen MR) is 82.1 cm³/mol. The maximum absolute atomic E-state index is 11.6. The molecule has 1 N–H and O–H groups in total. The molecule has 0 spiro atoms.